The lowest BCUT2D eigenvalue weighted by atomic mass is 10.1. The first-order valence-electron chi connectivity index (χ1n) is 5.56. The molecule has 0 fully saturated rings. The quantitative estimate of drug-likeness (QED) is 0.721. The van der Waals surface area contributed by atoms with Crippen LogP contribution in [-0.4, -0.2) is 11.0 Å². The number of carbonyl (C=O) groups is 1. The summed E-state index contributed by atoms with van der Waals surface area (Å²) in [6.07, 6.45) is 0. The van der Waals surface area contributed by atoms with Crippen molar-refractivity contribution in [2.45, 2.75) is 6.61 Å². The van der Waals surface area contributed by atoms with Crippen LogP contribution in [0.15, 0.2) is 48.5 Å². The van der Waals surface area contributed by atoms with Gasteiger partial charge in [-0.25, -0.2) is 0 Å². The molecule has 0 saturated heterocycles. The van der Waals surface area contributed by atoms with E-state index in [2.05, 4.69) is 5.32 Å². The van der Waals surface area contributed by atoms with E-state index >= 15 is 0 Å². The van der Waals surface area contributed by atoms with Gasteiger partial charge in [0.1, 0.15) is 0 Å². The predicted molar refractivity (Wildman–Crippen MR) is 71.2 cm³/mol. The van der Waals surface area contributed by atoms with E-state index in [0.29, 0.717) is 22.5 Å². The van der Waals surface area contributed by atoms with Crippen LogP contribution >= 0.6 is 0 Å². The zero-order valence-corrected chi connectivity index (χ0v) is 9.76. The van der Waals surface area contributed by atoms with Crippen molar-refractivity contribution in [1.82, 2.24) is 0 Å². The lowest BCUT2D eigenvalue weighted by molar-refractivity contribution is 0.102. The van der Waals surface area contributed by atoms with Crippen molar-refractivity contribution in [1.29, 1.82) is 0 Å². The molecule has 0 unspecified atom stereocenters. The Morgan fingerprint density at radius 1 is 1.11 bits per heavy atom. The second-order valence-electron chi connectivity index (χ2n) is 3.89. The van der Waals surface area contributed by atoms with Crippen LogP contribution in [0.25, 0.3) is 0 Å². The SMILES string of the molecule is Nc1ccc(NC(=O)c2ccccc2CO)cc1. The molecule has 2 aromatic carbocycles. The van der Waals surface area contributed by atoms with Gasteiger partial charge in [-0.2, -0.15) is 0 Å². The first kappa shape index (κ1) is 12.1. The summed E-state index contributed by atoms with van der Waals surface area (Å²) >= 11 is 0. The van der Waals surface area contributed by atoms with Crippen molar-refractivity contribution in [3.05, 3.63) is 59.7 Å². The summed E-state index contributed by atoms with van der Waals surface area (Å²) in [6.45, 7) is -0.161. The third kappa shape index (κ3) is 2.67. The number of rotatable bonds is 3. The van der Waals surface area contributed by atoms with E-state index in [1.165, 1.54) is 0 Å². The smallest absolute Gasteiger partial charge is 0.256 e. The van der Waals surface area contributed by atoms with Gasteiger partial charge in [0.05, 0.1) is 6.61 Å². The Morgan fingerprint density at radius 3 is 2.44 bits per heavy atom. The zero-order chi connectivity index (χ0) is 13.0. The average molecular weight is 242 g/mol. The number of anilines is 2. The highest BCUT2D eigenvalue weighted by molar-refractivity contribution is 6.05. The number of nitrogen functional groups attached to an aromatic ring is 1. The molecule has 0 aliphatic rings. The second-order valence-corrected chi connectivity index (χ2v) is 3.89. The standard InChI is InChI=1S/C14H14N2O2/c15-11-5-7-12(8-6-11)16-14(18)13-4-2-1-3-10(13)9-17/h1-8,17H,9,15H2,(H,16,18). The van der Waals surface area contributed by atoms with Crippen molar-refractivity contribution >= 4 is 17.3 Å². The third-order valence-electron chi connectivity index (χ3n) is 2.60. The highest BCUT2D eigenvalue weighted by atomic mass is 16.3. The Balaban J connectivity index is 2.19. The van der Waals surface area contributed by atoms with Crippen LogP contribution < -0.4 is 11.1 Å². The van der Waals surface area contributed by atoms with E-state index < -0.39 is 0 Å². The van der Waals surface area contributed by atoms with Crippen molar-refractivity contribution in [2.75, 3.05) is 11.1 Å². The molecule has 2 aromatic rings. The molecular formula is C14H14N2O2. The van der Waals surface area contributed by atoms with Gasteiger partial charge in [-0.05, 0) is 35.9 Å². The van der Waals surface area contributed by atoms with Gasteiger partial charge < -0.3 is 16.2 Å². The second kappa shape index (κ2) is 5.33. The summed E-state index contributed by atoms with van der Waals surface area (Å²) in [5.74, 6) is -0.246. The molecular weight excluding hydrogens is 228 g/mol. The predicted octanol–water partition coefficient (Wildman–Crippen LogP) is 2.01. The number of aliphatic hydroxyl groups is 1. The first-order valence-corrected chi connectivity index (χ1v) is 5.56. The van der Waals surface area contributed by atoms with Gasteiger partial charge in [0.25, 0.3) is 5.91 Å². The molecule has 0 spiro atoms. The van der Waals surface area contributed by atoms with E-state index in [-0.39, 0.29) is 12.5 Å². The highest BCUT2D eigenvalue weighted by Gasteiger charge is 2.10. The molecule has 4 N–H and O–H groups in total. The maximum Gasteiger partial charge on any atom is 0.256 e. The lowest BCUT2D eigenvalue weighted by Gasteiger charge is -2.08. The van der Waals surface area contributed by atoms with E-state index in [0.717, 1.165) is 0 Å². The molecule has 2 rings (SSSR count). The number of amides is 1. The molecule has 4 nitrogen and oxygen atoms in total. The van der Waals surface area contributed by atoms with Gasteiger partial charge in [-0.3, -0.25) is 4.79 Å². The Hall–Kier alpha value is -2.33. The average Bonchev–Trinajstić information content (AvgIpc) is 2.41. The van der Waals surface area contributed by atoms with Gasteiger partial charge in [0.2, 0.25) is 0 Å². The molecule has 0 aromatic heterocycles. The van der Waals surface area contributed by atoms with Gasteiger partial charge in [-0.15, -0.1) is 0 Å². The van der Waals surface area contributed by atoms with Crippen molar-refractivity contribution < 1.29 is 9.90 Å². The summed E-state index contributed by atoms with van der Waals surface area (Å²) in [5.41, 5.74) is 7.95. The number of aliphatic hydroxyl groups excluding tert-OH is 1. The van der Waals surface area contributed by atoms with Crippen LogP contribution in [-0.2, 0) is 6.61 Å². The Morgan fingerprint density at radius 2 is 1.78 bits per heavy atom. The topological polar surface area (TPSA) is 75.3 Å². The highest BCUT2D eigenvalue weighted by Crippen LogP contribution is 2.14. The molecule has 1 amide bonds. The van der Waals surface area contributed by atoms with E-state index in [9.17, 15) is 9.90 Å². The fourth-order valence-corrected chi connectivity index (χ4v) is 1.64. The maximum absolute atomic E-state index is 12.0. The van der Waals surface area contributed by atoms with Crippen LogP contribution in [0.4, 0.5) is 11.4 Å². The van der Waals surface area contributed by atoms with E-state index in [1.807, 2.05) is 0 Å². The maximum atomic E-state index is 12.0. The number of nitrogens with two attached hydrogens (primary N) is 1. The van der Waals surface area contributed by atoms with E-state index in [4.69, 9.17) is 5.73 Å². The molecule has 92 valence electrons. The molecule has 0 atom stereocenters. The van der Waals surface area contributed by atoms with E-state index in [1.54, 1.807) is 48.5 Å². The first-order chi connectivity index (χ1) is 8.70. The normalized spacial score (nSPS) is 10.1. The largest absolute Gasteiger partial charge is 0.399 e. The monoisotopic (exact) mass is 242 g/mol. The Kier molecular flexibility index (Phi) is 3.60. The fraction of sp³-hybridized carbons (Fsp3) is 0.0714. The molecule has 0 bridgehead atoms. The number of carbonyl (C=O) groups excluding carboxylic acids is 1. The molecule has 0 heterocycles. The fourth-order valence-electron chi connectivity index (χ4n) is 1.64. The molecule has 4 heteroatoms. The molecule has 0 aliphatic carbocycles. The summed E-state index contributed by atoms with van der Waals surface area (Å²) in [4.78, 5) is 12.0. The molecule has 0 saturated carbocycles. The third-order valence-corrected chi connectivity index (χ3v) is 2.60. The summed E-state index contributed by atoms with van der Waals surface area (Å²) in [7, 11) is 0. The van der Waals surface area contributed by atoms with Crippen LogP contribution in [0, 0.1) is 0 Å². The minimum Gasteiger partial charge on any atom is -0.399 e. The summed E-state index contributed by atoms with van der Waals surface area (Å²) in [6, 6.07) is 13.8. The van der Waals surface area contributed by atoms with Crippen molar-refractivity contribution in [3.8, 4) is 0 Å². The number of hydrogen-bond donors (Lipinski definition) is 3. The minimum absolute atomic E-state index is 0.161. The van der Waals surface area contributed by atoms with Gasteiger partial charge in [-0.1, -0.05) is 18.2 Å². The summed E-state index contributed by atoms with van der Waals surface area (Å²) < 4.78 is 0. The van der Waals surface area contributed by atoms with Gasteiger partial charge >= 0.3 is 0 Å². The van der Waals surface area contributed by atoms with Crippen LogP contribution in [0.1, 0.15) is 15.9 Å². The van der Waals surface area contributed by atoms with Crippen LogP contribution in [0.5, 0.6) is 0 Å². The van der Waals surface area contributed by atoms with Crippen LogP contribution in [0.3, 0.4) is 0 Å². The van der Waals surface area contributed by atoms with Gasteiger partial charge in [0, 0.05) is 16.9 Å². The molecule has 18 heavy (non-hydrogen) atoms. The van der Waals surface area contributed by atoms with Gasteiger partial charge in [0.15, 0.2) is 0 Å². The number of benzene rings is 2. The van der Waals surface area contributed by atoms with Crippen molar-refractivity contribution in [2.24, 2.45) is 0 Å². The van der Waals surface area contributed by atoms with Crippen LogP contribution in [0.2, 0.25) is 0 Å². The van der Waals surface area contributed by atoms with Crippen molar-refractivity contribution in [3.63, 3.8) is 0 Å². The Labute approximate surface area is 105 Å². The molecule has 0 aliphatic heterocycles. The summed E-state index contributed by atoms with van der Waals surface area (Å²) in [5, 5.41) is 11.9. The number of nitrogens with one attached hydrogen (secondary N) is 1. The Bertz CT molecular complexity index is 550. The zero-order valence-electron chi connectivity index (χ0n) is 9.76. The lowest BCUT2D eigenvalue weighted by Crippen LogP contribution is -2.14. The minimum atomic E-state index is -0.246. The number of hydrogen-bond acceptors (Lipinski definition) is 3. The molecule has 0 radical (unpaired) electrons.